The first-order chi connectivity index (χ1) is 16.5. The Labute approximate surface area is 210 Å². The Morgan fingerprint density at radius 3 is 2.06 bits per heavy atom. The van der Waals surface area contributed by atoms with Gasteiger partial charge in [0.15, 0.2) is 0 Å². The number of aliphatic imine (C=N–C) groups is 2. The minimum atomic E-state index is 0.947. The van der Waals surface area contributed by atoms with Crippen LogP contribution < -0.4 is 0 Å². The molecule has 2 rings (SSSR count). The largest absolute Gasteiger partial charge is 0.255 e. The fourth-order valence-corrected chi connectivity index (χ4v) is 4.57. The standard InChI is InChI=1S/C32H48N2/c1-7-11-14-15-17-29-23-31(21-27(10-4)32(29)18-13-9-3)33-24-26(6)34-30-20-19-25(5)28(22-30)16-12-8-2/h19-24H,7-18H2,1-6H3. The zero-order chi connectivity index (χ0) is 24.8. The summed E-state index contributed by atoms with van der Waals surface area (Å²) in [6.45, 7) is 13.3. The third-order valence-corrected chi connectivity index (χ3v) is 6.72. The van der Waals surface area contributed by atoms with Gasteiger partial charge in [-0.15, -0.1) is 0 Å². The van der Waals surface area contributed by atoms with E-state index in [0.717, 1.165) is 29.9 Å². The lowest BCUT2D eigenvalue weighted by atomic mass is 9.91. The summed E-state index contributed by atoms with van der Waals surface area (Å²) in [6.07, 6.45) is 16.7. The summed E-state index contributed by atoms with van der Waals surface area (Å²) in [5.41, 5.74) is 10.4. The van der Waals surface area contributed by atoms with Gasteiger partial charge < -0.3 is 0 Å². The summed E-state index contributed by atoms with van der Waals surface area (Å²) in [4.78, 5) is 9.72. The zero-order valence-electron chi connectivity index (χ0n) is 22.8. The van der Waals surface area contributed by atoms with Crippen LogP contribution in [0.25, 0.3) is 0 Å². The van der Waals surface area contributed by atoms with Gasteiger partial charge in [-0.05, 0) is 111 Å². The van der Waals surface area contributed by atoms with Crippen molar-refractivity contribution in [3.05, 3.63) is 58.1 Å². The van der Waals surface area contributed by atoms with Gasteiger partial charge in [-0.25, -0.2) is 0 Å². The number of aryl methyl sites for hydroxylation is 4. The molecule has 2 aromatic carbocycles. The molecule has 34 heavy (non-hydrogen) atoms. The minimum absolute atomic E-state index is 0.947. The molecule has 0 fully saturated rings. The van der Waals surface area contributed by atoms with E-state index in [2.05, 4.69) is 71.9 Å². The first kappa shape index (κ1) is 28.0. The lowest BCUT2D eigenvalue weighted by Gasteiger charge is -2.15. The zero-order valence-corrected chi connectivity index (χ0v) is 22.8. The highest BCUT2D eigenvalue weighted by atomic mass is 14.8. The van der Waals surface area contributed by atoms with Crippen LogP contribution >= 0.6 is 0 Å². The van der Waals surface area contributed by atoms with E-state index in [0.29, 0.717) is 0 Å². The predicted molar refractivity (Wildman–Crippen MR) is 153 cm³/mol. The normalized spacial score (nSPS) is 12.1. The number of hydrogen-bond donors (Lipinski definition) is 0. The molecule has 0 spiro atoms. The molecule has 0 heterocycles. The first-order valence-corrected chi connectivity index (χ1v) is 13.9. The Morgan fingerprint density at radius 2 is 1.35 bits per heavy atom. The summed E-state index contributed by atoms with van der Waals surface area (Å²) in [7, 11) is 0. The Bertz CT molecular complexity index is 936. The highest BCUT2D eigenvalue weighted by Crippen LogP contribution is 2.27. The van der Waals surface area contributed by atoms with E-state index >= 15 is 0 Å². The van der Waals surface area contributed by atoms with Crippen molar-refractivity contribution in [2.24, 2.45) is 9.98 Å². The molecule has 0 unspecified atom stereocenters. The number of unbranched alkanes of at least 4 members (excludes halogenated alkanes) is 5. The molecular weight excluding hydrogens is 412 g/mol. The average Bonchev–Trinajstić information content (AvgIpc) is 2.84. The van der Waals surface area contributed by atoms with Crippen molar-refractivity contribution < 1.29 is 0 Å². The molecule has 0 aliphatic carbocycles. The quantitative estimate of drug-likeness (QED) is 0.187. The molecule has 0 amide bonds. The van der Waals surface area contributed by atoms with E-state index in [-0.39, 0.29) is 0 Å². The van der Waals surface area contributed by atoms with Gasteiger partial charge in [-0.1, -0.05) is 65.9 Å². The number of rotatable bonds is 15. The minimum Gasteiger partial charge on any atom is -0.255 e. The van der Waals surface area contributed by atoms with Gasteiger partial charge in [-0.3, -0.25) is 9.98 Å². The SMILES string of the molecule is CCCCCCc1cc(N=CC(C)=Nc2ccc(C)c(CCCC)c2)cc(CC)c1CCCC. The fraction of sp³-hybridized carbons (Fsp3) is 0.562. The van der Waals surface area contributed by atoms with Gasteiger partial charge >= 0.3 is 0 Å². The van der Waals surface area contributed by atoms with Crippen LogP contribution in [0, 0.1) is 6.92 Å². The van der Waals surface area contributed by atoms with Gasteiger partial charge in [0.05, 0.1) is 17.1 Å². The molecule has 0 aliphatic rings. The highest BCUT2D eigenvalue weighted by Gasteiger charge is 2.10. The van der Waals surface area contributed by atoms with Crippen molar-refractivity contribution >= 4 is 23.3 Å². The van der Waals surface area contributed by atoms with Crippen LogP contribution in [0.2, 0.25) is 0 Å². The molecule has 186 valence electrons. The summed E-state index contributed by atoms with van der Waals surface area (Å²) >= 11 is 0. The van der Waals surface area contributed by atoms with Crippen LogP contribution in [0.15, 0.2) is 40.3 Å². The second-order valence-corrected chi connectivity index (χ2v) is 9.74. The lowest BCUT2D eigenvalue weighted by molar-refractivity contribution is 0.661. The molecule has 0 bridgehead atoms. The van der Waals surface area contributed by atoms with Crippen molar-refractivity contribution in [3.63, 3.8) is 0 Å². The topological polar surface area (TPSA) is 24.7 Å². The molecule has 2 heteroatoms. The van der Waals surface area contributed by atoms with Crippen LogP contribution in [0.1, 0.15) is 114 Å². The van der Waals surface area contributed by atoms with Crippen molar-refractivity contribution in [1.29, 1.82) is 0 Å². The average molecular weight is 461 g/mol. The maximum Gasteiger partial charge on any atom is 0.0636 e. The fourth-order valence-electron chi connectivity index (χ4n) is 4.57. The summed E-state index contributed by atoms with van der Waals surface area (Å²) in [5.74, 6) is 0. The monoisotopic (exact) mass is 460 g/mol. The predicted octanol–water partition coefficient (Wildman–Crippen LogP) is 9.86. The lowest BCUT2D eigenvalue weighted by Crippen LogP contribution is -2.01. The molecule has 0 saturated carbocycles. The van der Waals surface area contributed by atoms with Crippen molar-refractivity contribution in [1.82, 2.24) is 0 Å². The highest BCUT2D eigenvalue weighted by molar-refractivity contribution is 6.30. The summed E-state index contributed by atoms with van der Waals surface area (Å²) in [5, 5.41) is 0. The number of nitrogens with zero attached hydrogens (tertiary/aromatic N) is 2. The summed E-state index contributed by atoms with van der Waals surface area (Å²) < 4.78 is 0. The Morgan fingerprint density at radius 1 is 0.706 bits per heavy atom. The van der Waals surface area contributed by atoms with Crippen LogP contribution in [0.5, 0.6) is 0 Å². The molecule has 0 aliphatic heterocycles. The molecule has 2 aromatic rings. The smallest absolute Gasteiger partial charge is 0.0636 e. The van der Waals surface area contributed by atoms with Crippen LogP contribution in [-0.4, -0.2) is 11.9 Å². The van der Waals surface area contributed by atoms with Crippen molar-refractivity contribution in [2.75, 3.05) is 0 Å². The van der Waals surface area contributed by atoms with E-state index in [1.165, 1.54) is 86.5 Å². The molecular formula is C32H48N2. The summed E-state index contributed by atoms with van der Waals surface area (Å²) in [6, 6.07) is 11.2. The van der Waals surface area contributed by atoms with E-state index in [9.17, 15) is 0 Å². The third-order valence-electron chi connectivity index (χ3n) is 6.72. The molecule has 0 aromatic heterocycles. The first-order valence-electron chi connectivity index (χ1n) is 13.9. The molecule has 0 N–H and O–H groups in total. The van der Waals surface area contributed by atoms with E-state index in [1.807, 2.05) is 6.21 Å². The molecule has 2 nitrogen and oxygen atoms in total. The maximum atomic E-state index is 4.87. The van der Waals surface area contributed by atoms with E-state index in [4.69, 9.17) is 9.98 Å². The second-order valence-electron chi connectivity index (χ2n) is 9.74. The van der Waals surface area contributed by atoms with Crippen LogP contribution in [0.4, 0.5) is 11.4 Å². The van der Waals surface area contributed by atoms with E-state index < -0.39 is 0 Å². The number of benzene rings is 2. The number of hydrogen-bond acceptors (Lipinski definition) is 2. The molecule has 0 radical (unpaired) electrons. The van der Waals surface area contributed by atoms with Crippen molar-refractivity contribution in [3.8, 4) is 0 Å². The van der Waals surface area contributed by atoms with Gasteiger partial charge in [0.2, 0.25) is 0 Å². The van der Waals surface area contributed by atoms with Gasteiger partial charge in [0, 0.05) is 6.21 Å². The Hall–Kier alpha value is -2.22. The molecule has 0 saturated heterocycles. The van der Waals surface area contributed by atoms with Crippen LogP contribution in [-0.2, 0) is 25.7 Å². The third kappa shape index (κ3) is 9.20. The van der Waals surface area contributed by atoms with E-state index in [1.54, 1.807) is 5.56 Å². The molecule has 0 atom stereocenters. The van der Waals surface area contributed by atoms with Gasteiger partial charge in [-0.2, -0.15) is 0 Å². The second kappa shape index (κ2) is 15.6. The van der Waals surface area contributed by atoms with Crippen LogP contribution in [0.3, 0.4) is 0 Å². The van der Waals surface area contributed by atoms with Gasteiger partial charge in [0.1, 0.15) is 0 Å². The Kier molecular flexibility index (Phi) is 12.9. The van der Waals surface area contributed by atoms with Gasteiger partial charge in [0.25, 0.3) is 0 Å². The maximum absolute atomic E-state index is 4.87. The van der Waals surface area contributed by atoms with Crippen molar-refractivity contribution in [2.45, 2.75) is 119 Å². The Balaban J connectivity index is 2.25.